The summed E-state index contributed by atoms with van der Waals surface area (Å²) in [6, 6.07) is 18.1. The quantitative estimate of drug-likeness (QED) is 0.316. The van der Waals surface area contributed by atoms with E-state index in [1.807, 2.05) is 12.1 Å². The minimum Gasteiger partial charge on any atom is -0.385 e. The smallest absolute Gasteiger partial charge is 0.323 e. The summed E-state index contributed by atoms with van der Waals surface area (Å²) in [5, 5.41) is 9.07. The van der Waals surface area contributed by atoms with Crippen molar-refractivity contribution in [1.29, 1.82) is 0 Å². The van der Waals surface area contributed by atoms with Crippen molar-refractivity contribution in [2.24, 2.45) is 0 Å². The molecule has 3 aromatic rings. The number of halogens is 2. The molecule has 1 aliphatic rings. The SMILES string of the molecule is COCCCNC(=O)c1cc(NC(=O)Nc2c(Cl)cccc2Cl)ccc1N1CCc2ccccc2C1. The van der Waals surface area contributed by atoms with E-state index in [1.54, 1.807) is 37.4 Å². The number of hydrogen-bond acceptors (Lipinski definition) is 4. The number of hydrogen-bond donors (Lipinski definition) is 3. The van der Waals surface area contributed by atoms with Crippen LogP contribution in [-0.4, -0.2) is 38.7 Å². The molecule has 4 rings (SSSR count). The van der Waals surface area contributed by atoms with Gasteiger partial charge in [-0.1, -0.05) is 53.5 Å². The van der Waals surface area contributed by atoms with E-state index in [2.05, 4.69) is 39.0 Å². The van der Waals surface area contributed by atoms with Gasteiger partial charge in [0, 0.05) is 44.7 Å². The lowest BCUT2D eigenvalue weighted by Crippen LogP contribution is -2.33. The number of rotatable bonds is 8. The van der Waals surface area contributed by atoms with E-state index in [0.29, 0.717) is 53.1 Å². The van der Waals surface area contributed by atoms with Gasteiger partial charge in [0.2, 0.25) is 0 Å². The molecular formula is C27H28Cl2N4O3. The number of ether oxygens (including phenoxy) is 1. The minimum atomic E-state index is -0.517. The van der Waals surface area contributed by atoms with Crippen LogP contribution in [0.25, 0.3) is 0 Å². The largest absolute Gasteiger partial charge is 0.385 e. The highest BCUT2D eigenvalue weighted by Crippen LogP contribution is 2.31. The van der Waals surface area contributed by atoms with Crippen LogP contribution in [0, 0.1) is 0 Å². The molecule has 0 aromatic heterocycles. The predicted molar refractivity (Wildman–Crippen MR) is 146 cm³/mol. The van der Waals surface area contributed by atoms with Gasteiger partial charge >= 0.3 is 6.03 Å². The van der Waals surface area contributed by atoms with Crippen LogP contribution in [0.4, 0.5) is 21.9 Å². The number of para-hydroxylation sites is 1. The number of nitrogens with one attached hydrogen (secondary N) is 3. The number of amides is 3. The van der Waals surface area contributed by atoms with Crippen molar-refractivity contribution in [3.8, 4) is 0 Å². The fourth-order valence-corrected chi connectivity index (χ4v) is 4.67. The Labute approximate surface area is 220 Å². The molecule has 0 radical (unpaired) electrons. The molecule has 0 spiro atoms. The van der Waals surface area contributed by atoms with Gasteiger partial charge in [0.05, 0.1) is 21.3 Å². The zero-order valence-corrected chi connectivity index (χ0v) is 21.5. The first-order valence-electron chi connectivity index (χ1n) is 11.7. The fourth-order valence-electron chi connectivity index (χ4n) is 4.18. The fraction of sp³-hybridized carbons (Fsp3) is 0.259. The highest BCUT2D eigenvalue weighted by Gasteiger charge is 2.22. The lowest BCUT2D eigenvalue weighted by Gasteiger charge is -2.32. The molecule has 1 aliphatic heterocycles. The lowest BCUT2D eigenvalue weighted by atomic mass is 9.98. The molecule has 0 saturated heterocycles. The van der Waals surface area contributed by atoms with Gasteiger partial charge < -0.3 is 25.6 Å². The van der Waals surface area contributed by atoms with Gasteiger partial charge in [-0.2, -0.15) is 0 Å². The predicted octanol–water partition coefficient (Wildman–Crippen LogP) is 5.97. The maximum Gasteiger partial charge on any atom is 0.323 e. The highest BCUT2D eigenvalue weighted by atomic mass is 35.5. The van der Waals surface area contributed by atoms with Crippen LogP contribution in [0.3, 0.4) is 0 Å². The van der Waals surface area contributed by atoms with Crippen LogP contribution in [0.2, 0.25) is 10.0 Å². The molecule has 3 N–H and O–H groups in total. The molecule has 3 aromatic carbocycles. The number of methoxy groups -OCH3 is 1. The molecule has 36 heavy (non-hydrogen) atoms. The van der Waals surface area contributed by atoms with Crippen LogP contribution >= 0.6 is 23.2 Å². The van der Waals surface area contributed by atoms with E-state index in [4.69, 9.17) is 27.9 Å². The number of benzene rings is 3. The van der Waals surface area contributed by atoms with E-state index in [0.717, 1.165) is 18.7 Å². The Morgan fingerprint density at radius 3 is 2.47 bits per heavy atom. The Morgan fingerprint density at radius 1 is 0.972 bits per heavy atom. The number of urea groups is 1. The third kappa shape index (κ3) is 6.29. The van der Waals surface area contributed by atoms with E-state index >= 15 is 0 Å². The van der Waals surface area contributed by atoms with Crippen LogP contribution in [0.1, 0.15) is 27.9 Å². The first-order valence-corrected chi connectivity index (χ1v) is 12.5. The Kier molecular flexibility index (Phi) is 8.70. The normalized spacial score (nSPS) is 12.6. The van der Waals surface area contributed by atoms with Crippen LogP contribution < -0.4 is 20.9 Å². The number of carbonyl (C=O) groups excluding carboxylic acids is 2. The summed E-state index contributed by atoms with van der Waals surface area (Å²) in [4.78, 5) is 28.1. The second kappa shape index (κ2) is 12.1. The molecule has 0 bridgehead atoms. The van der Waals surface area contributed by atoms with E-state index in [-0.39, 0.29) is 5.91 Å². The Morgan fingerprint density at radius 2 is 1.72 bits per heavy atom. The van der Waals surface area contributed by atoms with Crippen molar-refractivity contribution in [2.75, 3.05) is 42.3 Å². The average molecular weight is 527 g/mol. The molecule has 3 amide bonds. The zero-order chi connectivity index (χ0) is 25.5. The summed E-state index contributed by atoms with van der Waals surface area (Å²) < 4.78 is 5.08. The minimum absolute atomic E-state index is 0.210. The molecule has 1 heterocycles. The van der Waals surface area contributed by atoms with E-state index in [1.165, 1.54) is 11.1 Å². The van der Waals surface area contributed by atoms with Gasteiger partial charge in [-0.25, -0.2) is 4.79 Å². The maximum atomic E-state index is 13.2. The zero-order valence-electron chi connectivity index (χ0n) is 19.9. The molecule has 0 saturated carbocycles. The summed E-state index contributed by atoms with van der Waals surface area (Å²) in [5.74, 6) is -0.210. The van der Waals surface area contributed by atoms with Crippen molar-refractivity contribution in [3.05, 3.63) is 87.4 Å². The van der Waals surface area contributed by atoms with Crippen LogP contribution in [0.15, 0.2) is 60.7 Å². The van der Waals surface area contributed by atoms with Crippen LogP contribution in [0.5, 0.6) is 0 Å². The van der Waals surface area contributed by atoms with Gasteiger partial charge in [-0.3, -0.25) is 4.79 Å². The number of carbonyl (C=O) groups is 2. The van der Waals surface area contributed by atoms with Gasteiger partial charge in [-0.15, -0.1) is 0 Å². The third-order valence-electron chi connectivity index (χ3n) is 5.98. The van der Waals surface area contributed by atoms with Gasteiger partial charge in [0.15, 0.2) is 0 Å². The standard InChI is InChI=1S/C27H28Cl2N4O3/c1-36-15-5-13-30-26(34)21-16-20(31-27(35)32-25-22(28)8-4-9-23(25)29)10-11-24(21)33-14-12-18-6-2-3-7-19(18)17-33/h2-4,6-11,16H,5,12-15,17H2,1H3,(H,30,34)(H2,31,32,35). The van der Waals surface area contributed by atoms with Crippen molar-refractivity contribution < 1.29 is 14.3 Å². The van der Waals surface area contributed by atoms with E-state index in [9.17, 15) is 9.59 Å². The summed E-state index contributed by atoms with van der Waals surface area (Å²) >= 11 is 12.3. The molecule has 7 nitrogen and oxygen atoms in total. The summed E-state index contributed by atoms with van der Waals surface area (Å²) in [7, 11) is 1.63. The molecule has 0 fully saturated rings. The van der Waals surface area contributed by atoms with Crippen molar-refractivity contribution in [1.82, 2.24) is 5.32 Å². The molecule has 0 atom stereocenters. The van der Waals surface area contributed by atoms with Crippen LogP contribution in [-0.2, 0) is 17.7 Å². The van der Waals surface area contributed by atoms with Crippen molar-refractivity contribution in [3.63, 3.8) is 0 Å². The topological polar surface area (TPSA) is 82.7 Å². The van der Waals surface area contributed by atoms with E-state index < -0.39 is 6.03 Å². The molecule has 0 aliphatic carbocycles. The van der Waals surface area contributed by atoms with Gasteiger partial charge in [0.25, 0.3) is 5.91 Å². The summed E-state index contributed by atoms with van der Waals surface area (Å²) in [6.07, 6.45) is 1.60. The number of nitrogens with zero attached hydrogens (tertiary/aromatic N) is 1. The van der Waals surface area contributed by atoms with Gasteiger partial charge in [-0.05, 0) is 54.3 Å². The average Bonchev–Trinajstić information content (AvgIpc) is 2.88. The lowest BCUT2D eigenvalue weighted by molar-refractivity contribution is 0.0949. The first-order chi connectivity index (χ1) is 17.5. The first kappa shape index (κ1) is 25.8. The summed E-state index contributed by atoms with van der Waals surface area (Å²) in [5.41, 5.74) is 4.66. The highest BCUT2D eigenvalue weighted by molar-refractivity contribution is 6.39. The second-order valence-corrected chi connectivity index (χ2v) is 9.26. The Bertz CT molecular complexity index is 1230. The third-order valence-corrected chi connectivity index (χ3v) is 6.61. The van der Waals surface area contributed by atoms with Crippen molar-refractivity contribution in [2.45, 2.75) is 19.4 Å². The number of anilines is 3. The monoisotopic (exact) mass is 526 g/mol. The Hall–Kier alpha value is -3.26. The molecule has 0 unspecified atom stereocenters. The second-order valence-electron chi connectivity index (χ2n) is 8.45. The van der Waals surface area contributed by atoms with Crippen molar-refractivity contribution >= 4 is 52.2 Å². The molecule has 188 valence electrons. The maximum absolute atomic E-state index is 13.2. The molecule has 9 heteroatoms. The van der Waals surface area contributed by atoms with Gasteiger partial charge in [0.1, 0.15) is 0 Å². The summed E-state index contributed by atoms with van der Waals surface area (Å²) in [6.45, 7) is 2.54. The number of fused-ring (bicyclic) bond motifs is 1. The Balaban J connectivity index is 1.56. The molecular weight excluding hydrogens is 499 g/mol.